The quantitative estimate of drug-likeness (QED) is 0.764. The van der Waals surface area contributed by atoms with E-state index in [-0.39, 0.29) is 0 Å². The van der Waals surface area contributed by atoms with Crippen LogP contribution in [0.4, 0.5) is 5.82 Å². The molecule has 3 aromatic heterocycles. The largest absolute Gasteiger partial charge is 0.382 e. The number of pyridine rings is 2. The average molecular weight is 255 g/mol. The van der Waals surface area contributed by atoms with E-state index in [1.807, 2.05) is 19.1 Å². The number of hydrogen-bond acceptors (Lipinski definition) is 4. The zero-order chi connectivity index (χ0) is 13.6. The molecule has 0 aliphatic carbocycles. The highest BCUT2D eigenvalue weighted by atomic mass is 15.1. The molecule has 5 heteroatoms. The van der Waals surface area contributed by atoms with Gasteiger partial charge >= 0.3 is 0 Å². The summed E-state index contributed by atoms with van der Waals surface area (Å²) < 4.78 is 2.21. The van der Waals surface area contributed by atoms with E-state index >= 15 is 0 Å². The first-order chi connectivity index (χ1) is 9.08. The summed E-state index contributed by atoms with van der Waals surface area (Å²) in [5, 5.41) is 1.01. The lowest BCUT2D eigenvalue weighted by atomic mass is 10.2. The number of aryl methyl sites for hydroxylation is 1. The Hall–Kier alpha value is -2.17. The van der Waals surface area contributed by atoms with E-state index in [1.54, 1.807) is 6.20 Å². The van der Waals surface area contributed by atoms with Gasteiger partial charge in [-0.2, -0.15) is 0 Å². The van der Waals surface area contributed by atoms with Gasteiger partial charge in [0.15, 0.2) is 11.5 Å². The van der Waals surface area contributed by atoms with Crippen LogP contribution in [-0.4, -0.2) is 19.5 Å². The van der Waals surface area contributed by atoms with E-state index in [0.717, 1.165) is 28.8 Å². The van der Waals surface area contributed by atoms with Gasteiger partial charge in [-0.15, -0.1) is 0 Å². The first kappa shape index (κ1) is 11.9. The van der Waals surface area contributed by atoms with Crippen LogP contribution in [0.5, 0.6) is 0 Å². The van der Waals surface area contributed by atoms with Crippen molar-refractivity contribution in [1.82, 2.24) is 19.5 Å². The molecule has 2 N–H and O–H groups in total. The van der Waals surface area contributed by atoms with E-state index in [1.165, 1.54) is 0 Å². The summed E-state index contributed by atoms with van der Waals surface area (Å²) in [5.74, 6) is 1.96. The lowest BCUT2D eigenvalue weighted by Crippen LogP contribution is -2.06. The minimum absolute atomic E-state index is 0.451. The van der Waals surface area contributed by atoms with Crippen LogP contribution < -0.4 is 5.73 Å². The minimum Gasteiger partial charge on any atom is -0.382 e. The van der Waals surface area contributed by atoms with Crippen molar-refractivity contribution in [2.75, 3.05) is 5.73 Å². The average Bonchev–Trinajstić information content (AvgIpc) is 2.68. The molecular weight excluding hydrogens is 238 g/mol. The fourth-order valence-corrected chi connectivity index (χ4v) is 2.44. The molecule has 3 heterocycles. The van der Waals surface area contributed by atoms with Gasteiger partial charge in [0.05, 0.1) is 5.52 Å². The second-order valence-electron chi connectivity index (χ2n) is 5.23. The first-order valence-corrected chi connectivity index (χ1v) is 6.45. The van der Waals surface area contributed by atoms with Crippen LogP contribution in [0.2, 0.25) is 0 Å². The van der Waals surface area contributed by atoms with Crippen molar-refractivity contribution < 1.29 is 0 Å². The van der Waals surface area contributed by atoms with Gasteiger partial charge in [0.25, 0.3) is 0 Å². The Morgan fingerprint density at radius 2 is 2.11 bits per heavy atom. The molecule has 5 nitrogen and oxygen atoms in total. The molecule has 19 heavy (non-hydrogen) atoms. The highest BCUT2D eigenvalue weighted by molar-refractivity contribution is 6.05. The number of nitrogens with two attached hydrogens (primary N) is 1. The lowest BCUT2D eigenvalue weighted by molar-refractivity contribution is 0.524. The zero-order valence-corrected chi connectivity index (χ0v) is 11.4. The minimum atomic E-state index is 0.451. The van der Waals surface area contributed by atoms with Gasteiger partial charge in [-0.25, -0.2) is 15.0 Å². The summed E-state index contributed by atoms with van der Waals surface area (Å²) >= 11 is 0. The van der Waals surface area contributed by atoms with Crippen LogP contribution >= 0.6 is 0 Å². The number of imidazole rings is 1. The number of rotatable bonds is 2. The highest BCUT2D eigenvalue weighted by Crippen LogP contribution is 2.28. The Kier molecular flexibility index (Phi) is 2.62. The molecule has 0 saturated carbocycles. The Morgan fingerprint density at radius 1 is 1.32 bits per heavy atom. The van der Waals surface area contributed by atoms with E-state index in [0.29, 0.717) is 17.4 Å². The van der Waals surface area contributed by atoms with Crippen molar-refractivity contribution in [3.05, 3.63) is 24.2 Å². The Morgan fingerprint density at radius 3 is 2.84 bits per heavy atom. The number of hydrogen-bond donors (Lipinski definition) is 1. The van der Waals surface area contributed by atoms with Crippen LogP contribution in [0.3, 0.4) is 0 Å². The number of anilines is 1. The van der Waals surface area contributed by atoms with Crippen molar-refractivity contribution in [2.45, 2.75) is 27.3 Å². The van der Waals surface area contributed by atoms with Gasteiger partial charge in [0.1, 0.15) is 11.3 Å². The van der Waals surface area contributed by atoms with Gasteiger partial charge in [0, 0.05) is 18.1 Å². The standard InChI is InChI=1S/C14H17N5/c1-8(2)7-19-9(3)17-11-12(19)10-5-4-6-16-14(10)18-13(11)15/h4-6,8H,7H2,1-3H3,(H2,15,16,18). The first-order valence-electron chi connectivity index (χ1n) is 6.45. The van der Waals surface area contributed by atoms with Crippen LogP contribution in [0.25, 0.3) is 22.1 Å². The Balaban J connectivity index is 2.45. The predicted molar refractivity (Wildman–Crippen MR) is 76.8 cm³/mol. The summed E-state index contributed by atoms with van der Waals surface area (Å²) in [6.45, 7) is 7.30. The van der Waals surface area contributed by atoms with Gasteiger partial charge in [0.2, 0.25) is 0 Å². The van der Waals surface area contributed by atoms with Crippen LogP contribution in [0.15, 0.2) is 18.3 Å². The summed E-state index contributed by atoms with van der Waals surface area (Å²) in [5.41, 5.74) is 8.51. The van der Waals surface area contributed by atoms with Gasteiger partial charge in [-0.1, -0.05) is 13.8 Å². The van der Waals surface area contributed by atoms with Crippen molar-refractivity contribution in [3.8, 4) is 0 Å². The second kappa shape index (κ2) is 4.19. The third kappa shape index (κ3) is 1.82. The summed E-state index contributed by atoms with van der Waals surface area (Å²) in [6, 6.07) is 3.94. The number of nitrogens with zero attached hydrogens (tertiary/aromatic N) is 4. The molecule has 98 valence electrons. The van der Waals surface area contributed by atoms with Crippen molar-refractivity contribution in [1.29, 1.82) is 0 Å². The molecule has 0 unspecified atom stereocenters. The third-order valence-electron chi connectivity index (χ3n) is 3.22. The molecule has 0 aliphatic rings. The smallest absolute Gasteiger partial charge is 0.163 e. The molecule has 0 bridgehead atoms. The van der Waals surface area contributed by atoms with Crippen molar-refractivity contribution >= 4 is 27.9 Å². The van der Waals surface area contributed by atoms with Gasteiger partial charge < -0.3 is 10.3 Å². The SMILES string of the molecule is Cc1nc2c(N)nc3ncccc3c2n1CC(C)C. The summed E-state index contributed by atoms with van der Waals surface area (Å²) in [7, 11) is 0. The maximum absolute atomic E-state index is 6.01. The molecular formula is C14H17N5. The molecule has 0 atom stereocenters. The van der Waals surface area contributed by atoms with Gasteiger partial charge in [-0.05, 0) is 25.0 Å². The van der Waals surface area contributed by atoms with E-state index in [2.05, 4.69) is 33.4 Å². The normalized spacial score (nSPS) is 11.8. The zero-order valence-electron chi connectivity index (χ0n) is 11.4. The number of aromatic nitrogens is 4. The summed E-state index contributed by atoms with van der Waals surface area (Å²) in [6.07, 6.45) is 1.73. The topological polar surface area (TPSA) is 69.6 Å². The highest BCUT2D eigenvalue weighted by Gasteiger charge is 2.15. The van der Waals surface area contributed by atoms with E-state index in [4.69, 9.17) is 5.73 Å². The monoisotopic (exact) mass is 255 g/mol. The van der Waals surface area contributed by atoms with E-state index in [9.17, 15) is 0 Å². The fraction of sp³-hybridized carbons (Fsp3) is 0.357. The molecule has 0 aliphatic heterocycles. The predicted octanol–water partition coefficient (Wildman–Crippen LogP) is 2.53. The molecule has 0 aromatic carbocycles. The molecule has 3 aromatic rings. The van der Waals surface area contributed by atoms with Crippen molar-refractivity contribution in [2.24, 2.45) is 5.92 Å². The molecule has 0 saturated heterocycles. The second-order valence-corrected chi connectivity index (χ2v) is 5.23. The lowest BCUT2D eigenvalue weighted by Gasteiger charge is -2.11. The van der Waals surface area contributed by atoms with Crippen LogP contribution in [0, 0.1) is 12.8 Å². The summed E-state index contributed by atoms with van der Waals surface area (Å²) in [4.78, 5) is 13.2. The van der Waals surface area contributed by atoms with Crippen molar-refractivity contribution in [3.63, 3.8) is 0 Å². The maximum atomic E-state index is 6.01. The Bertz CT molecular complexity index is 757. The number of nitrogen functional groups attached to an aromatic ring is 1. The maximum Gasteiger partial charge on any atom is 0.163 e. The van der Waals surface area contributed by atoms with Crippen LogP contribution in [0.1, 0.15) is 19.7 Å². The van der Waals surface area contributed by atoms with Gasteiger partial charge in [-0.3, -0.25) is 0 Å². The number of fused-ring (bicyclic) bond motifs is 3. The Labute approximate surface area is 111 Å². The fourth-order valence-electron chi connectivity index (χ4n) is 2.44. The molecule has 0 fully saturated rings. The van der Waals surface area contributed by atoms with Crippen LogP contribution in [-0.2, 0) is 6.54 Å². The molecule has 0 radical (unpaired) electrons. The van der Waals surface area contributed by atoms with E-state index < -0.39 is 0 Å². The molecule has 0 amide bonds. The molecule has 3 rings (SSSR count). The molecule has 0 spiro atoms. The third-order valence-corrected chi connectivity index (χ3v) is 3.22.